The summed E-state index contributed by atoms with van der Waals surface area (Å²) in [6.45, 7) is 3.90. The van der Waals surface area contributed by atoms with Gasteiger partial charge in [0.1, 0.15) is 22.2 Å². The van der Waals surface area contributed by atoms with E-state index in [1.54, 1.807) is 18.2 Å². The molecule has 0 aromatic heterocycles. The zero-order valence-corrected chi connectivity index (χ0v) is 16.2. The molecule has 2 aromatic rings. The summed E-state index contributed by atoms with van der Waals surface area (Å²) >= 11 is 6.20. The van der Waals surface area contributed by atoms with Gasteiger partial charge in [-0.15, -0.1) is 0 Å². The van der Waals surface area contributed by atoms with E-state index in [2.05, 4.69) is 5.32 Å². The number of amides is 2. The number of halogens is 1. The Morgan fingerprint density at radius 3 is 2.19 bits per heavy atom. The quantitative estimate of drug-likeness (QED) is 0.792. The summed E-state index contributed by atoms with van der Waals surface area (Å²) in [7, 11) is 2.96. The summed E-state index contributed by atoms with van der Waals surface area (Å²) in [6, 6.07) is 10.6. The van der Waals surface area contributed by atoms with E-state index in [4.69, 9.17) is 21.1 Å². The van der Waals surface area contributed by atoms with Crippen LogP contribution in [0, 0.1) is 13.8 Å². The molecule has 1 aliphatic heterocycles. The first kappa shape index (κ1) is 18.8. The van der Waals surface area contributed by atoms with Crippen LogP contribution < -0.4 is 19.7 Å². The first-order valence-electron chi connectivity index (χ1n) is 8.21. The third kappa shape index (κ3) is 3.48. The summed E-state index contributed by atoms with van der Waals surface area (Å²) in [5.74, 6) is -0.344. The molecule has 0 spiro atoms. The molecule has 1 N–H and O–H groups in total. The molecule has 2 amide bonds. The second-order valence-electron chi connectivity index (χ2n) is 6.17. The first-order valence-corrected chi connectivity index (χ1v) is 8.59. The summed E-state index contributed by atoms with van der Waals surface area (Å²) in [5, 5.41) is 2.81. The fourth-order valence-corrected chi connectivity index (χ4v) is 3.21. The molecule has 0 bridgehead atoms. The Kier molecular flexibility index (Phi) is 5.10. The standard InChI is InChI=1S/C20H19ClN2O4/c1-11-7-12(2)9-13(8-11)22-18-17(21)19(24)23(20(18)25)15-10-14(26-3)5-6-16(15)27-4/h5-10,22H,1-4H3. The van der Waals surface area contributed by atoms with Gasteiger partial charge in [-0.3, -0.25) is 9.59 Å². The average Bonchev–Trinajstić information content (AvgIpc) is 2.84. The zero-order chi connectivity index (χ0) is 19.7. The highest BCUT2D eigenvalue weighted by Gasteiger charge is 2.40. The number of nitrogens with one attached hydrogen (secondary N) is 1. The Balaban J connectivity index is 1.99. The molecule has 6 nitrogen and oxygen atoms in total. The van der Waals surface area contributed by atoms with Crippen LogP contribution in [-0.4, -0.2) is 26.0 Å². The van der Waals surface area contributed by atoms with Crippen molar-refractivity contribution in [2.24, 2.45) is 0 Å². The molecule has 0 fully saturated rings. The number of anilines is 2. The van der Waals surface area contributed by atoms with Crippen molar-refractivity contribution in [3.63, 3.8) is 0 Å². The van der Waals surface area contributed by atoms with Gasteiger partial charge in [-0.05, 0) is 49.2 Å². The van der Waals surface area contributed by atoms with Gasteiger partial charge in [-0.1, -0.05) is 17.7 Å². The highest BCUT2D eigenvalue weighted by Crippen LogP contribution is 2.38. The van der Waals surface area contributed by atoms with Crippen LogP contribution in [0.5, 0.6) is 11.5 Å². The predicted octanol–water partition coefficient (Wildman–Crippen LogP) is 3.76. The number of methoxy groups -OCH3 is 2. The zero-order valence-electron chi connectivity index (χ0n) is 15.4. The molecule has 0 aliphatic carbocycles. The van der Waals surface area contributed by atoms with Gasteiger partial charge in [0.25, 0.3) is 11.8 Å². The number of benzene rings is 2. The monoisotopic (exact) mass is 386 g/mol. The maximum absolute atomic E-state index is 13.0. The Bertz CT molecular complexity index is 948. The lowest BCUT2D eigenvalue weighted by Gasteiger charge is -2.19. The van der Waals surface area contributed by atoms with Crippen molar-refractivity contribution in [1.82, 2.24) is 0 Å². The topological polar surface area (TPSA) is 67.9 Å². The van der Waals surface area contributed by atoms with Crippen LogP contribution in [-0.2, 0) is 9.59 Å². The average molecular weight is 387 g/mol. The highest BCUT2D eigenvalue weighted by molar-refractivity contribution is 6.53. The molecule has 140 valence electrons. The molecule has 3 rings (SSSR count). The van der Waals surface area contributed by atoms with Gasteiger partial charge in [0.05, 0.1) is 19.9 Å². The van der Waals surface area contributed by atoms with Gasteiger partial charge in [0.15, 0.2) is 0 Å². The summed E-state index contributed by atoms with van der Waals surface area (Å²) < 4.78 is 10.5. The maximum atomic E-state index is 13.0. The molecule has 0 saturated carbocycles. The number of hydrogen-bond donors (Lipinski definition) is 1. The lowest BCUT2D eigenvalue weighted by atomic mass is 10.1. The second kappa shape index (κ2) is 7.32. The van der Waals surface area contributed by atoms with Crippen molar-refractivity contribution in [3.8, 4) is 11.5 Å². The Morgan fingerprint density at radius 1 is 0.926 bits per heavy atom. The summed E-state index contributed by atoms with van der Waals surface area (Å²) in [5.41, 5.74) is 3.02. The van der Waals surface area contributed by atoms with E-state index in [1.807, 2.05) is 32.0 Å². The molecule has 0 saturated heterocycles. The minimum atomic E-state index is -0.625. The summed E-state index contributed by atoms with van der Waals surface area (Å²) in [4.78, 5) is 26.7. The lowest BCUT2D eigenvalue weighted by molar-refractivity contribution is -0.120. The van der Waals surface area contributed by atoms with Gasteiger partial charge in [-0.2, -0.15) is 0 Å². The van der Waals surface area contributed by atoms with Crippen molar-refractivity contribution in [2.45, 2.75) is 13.8 Å². The van der Waals surface area contributed by atoms with Crippen molar-refractivity contribution in [1.29, 1.82) is 0 Å². The fraction of sp³-hybridized carbons (Fsp3) is 0.200. The van der Waals surface area contributed by atoms with E-state index in [0.29, 0.717) is 17.2 Å². The number of carbonyl (C=O) groups is 2. The first-order chi connectivity index (χ1) is 12.8. The van der Waals surface area contributed by atoms with Crippen molar-refractivity contribution < 1.29 is 19.1 Å². The van der Waals surface area contributed by atoms with Crippen molar-refractivity contribution in [3.05, 3.63) is 58.3 Å². The molecule has 7 heteroatoms. The van der Waals surface area contributed by atoms with E-state index in [0.717, 1.165) is 16.0 Å². The Morgan fingerprint density at radius 2 is 1.59 bits per heavy atom. The number of imide groups is 1. The molecule has 0 radical (unpaired) electrons. The number of ether oxygens (including phenoxy) is 2. The second-order valence-corrected chi connectivity index (χ2v) is 6.55. The molecule has 2 aromatic carbocycles. The third-order valence-corrected chi connectivity index (χ3v) is 4.50. The van der Waals surface area contributed by atoms with Crippen molar-refractivity contribution in [2.75, 3.05) is 24.4 Å². The normalized spacial score (nSPS) is 14.0. The number of hydrogen-bond acceptors (Lipinski definition) is 5. The van der Waals surface area contributed by atoms with Crippen LogP contribution in [0.15, 0.2) is 47.1 Å². The lowest BCUT2D eigenvalue weighted by Crippen LogP contribution is -2.32. The highest BCUT2D eigenvalue weighted by atomic mass is 35.5. The van der Waals surface area contributed by atoms with Crippen LogP contribution in [0.3, 0.4) is 0 Å². The van der Waals surface area contributed by atoms with Gasteiger partial charge in [0, 0.05) is 11.8 Å². The number of nitrogens with zero attached hydrogens (tertiary/aromatic N) is 1. The van der Waals surface area contributed by atoms with Crippen molar-refractivity contribution >= 4 is 34.8 Å². The van der Waals surface area contributed by atoms with Gasteiger partial charge in [0.2, 0.25) is 0 Å². The van der Waals surface area contributed by atoms with E-state index in [1.165, 1.54) is 14.2 Å². The third-order valence-electron chi connectivity index (χ3n) is 4.15. The van der Waals surface area contributed by atoms with Gasteiger partial charge >= 0.3 is 0 Å². The largest absolute Gasteiger partial charge is 0.497 e. The van der Waals surface area contributed by atoms with Gasteiger partial charge < -0.3 is 14.8 Å². The molecular weight excluding hydrogens is 368 g/mol. The van der Waals surface area contributed by atoms with Crippen LogP contribution in [0.4, 0.5) is 11.4 Å². The van der Waals surface area contributed by atoms with Crippen LogP contribution in [0.2, 0.25) is 0 Å². The Hall–Kier alpha value is -2.99. The SMILES string of the molecule is COc1ccc(OC)c(N2C(=O)C(Cl)=C(Nc3cc(C)cc(C)c3)C2=O)c1. The van der Waals surface area contributed by atoms with Gasteiger partial charge in [-0.25, -0.2) is 4.90 Å². The number of carbonyl (C=O) groups excluding carboxylic acids is 2. The minimum absolute atomic E-state index is 0.0246. The molecule has 1 aliphatic rings. The molecule has 27 heavy (non-hydrogen) atoms. The van der Waals surface area contributed by atoms with Crippen LogP contribution >= 0.6 is 11.6 Å². The smallest absolute Gasteiger partial charge is 0.283 e. The van der Waals surface area contributed by atoms with E-state index in [9.17, 15) is 9.59 Å². The molecule has 1 heterocycles. The minimum Gasteiger partial charge on any atom is -0.497 e. The van der Waals surface area contributed by atoms with Crippen LogP contribution in [0.1, 0.15) is 11.1 Å². The van der Waals surface area contributed by atoms with E-state index < -0.39 is 11.8 Å². The fourth-order valence-electron chi connectivity index (χ4n) is 2.99. The number of aryl methyl sites for hydroxylation is 2. The Labute approximate surface area is 162 Å². The predicted molar refractivity (Wildman–Crippen MR) is 104 cm³/mol. The molecule has 0 unspecified atom stereocenters. The van der Waals surface area contributed by atoms with E-state index in [-0.39, 0.29) is 16.4 Å². The number of rotatable bonds is 5. The molecular formula is C20H19ClN2O4. The van der Waals surface area contributed by atoms with E-state index >= 15 is 0 Å². The molecule has 0 atom stereocenters. The maximum Gasteiger partial charge on any atom is 0.283 e. The van der Waals surface area contributed by atoms with Crippen LogP contribution in [0.25, 0.3) is 0 Å². The summed E-state index contributed by atoms with van der Waals surface area (Å²) in [6.07, 6.45) is 0.